The lowest BCUT2D eigenvalue weighted by atomic mass is 9.92. The van der Waals surface area contributed by atoms with E-state index in [0.717, 1.165) is 12.5 Å². The zero-order valence-electron chi connectivity index (χ0n) is 10.9. The topological polar surface area (TPSA) is 24.5 Å². The molecule has 0 radical (unpaired) electrons. The monoisotopic (exact) mass is 226 g/mol. The van der Waals surface area contributed by atoms with Crippen molar-refractivity contribution < 1.29 is 4.74 Å². The Bertz CT molecular complexity index is 222. The highest BCUT2D eigenvalue weighted by atomic mass is 16.5. The van der Waals surface area contributed by atoms with Gasteiger partial charge in [-0.15, -0.1) is 0 Å². The Kier molecular flexibility index (Phi) is 4.22. The molecule has 3 heteroatoms. The minimum absolute atomic E-state index is 0.406. The first-order valence-corrected chi connectivity index (χ1v) is 6.73. The van der Waals surface area contributed by atoms with Crippen molar-refractivity contribution >= 4 is 0 Å². The fourth-order valence-corrected chi connectivity index (χ4v) is 3.10. The van der Waals surface area contributed by atoms with Gasteiger partial charge in [0, 0.05) is 25.2 Å². The molecular formula is C13H26N2O. The largest absolute Gasteiger partial charge is 0.377 e. The Morgan fingerprint density at radius 1 is 1.31 bits per heavy atom. The van der Waals surface area contributed by atoms with Crippen LogP contribution >= 0.6 is 0 Å². The van der Waals surface area contributed by atoms with E-state index in [1.54, 1.807) is 0 Å². The van der Waals surface area contributed by atoms with Crippen molar-refractivity contribution in [2.75, 3.05) is 26.7 Å². The maximum atomic E-state index is 5.64. The molecule has 3 nitrogen and oxygen atoms in total. The molecule has 2 aliphatic heterocycles. The smallest absolute Gasteiger partial charge is 0.0702 e. The van der Waals surface area contributed by atoms with Crippen molar-refractivity contribution in [2.45, 2.75) is 51.3 Å². The van der Waals surface area contributed by atoms with Crippen LogP contribution in [0.3, 0.4) is 0 Å². The molecule has 2 rings (SSSR count). The van der Waals surface area contributed by atoms with Gasteiger partial charge in [-0.1, -0.05) is 6.92 Å². The second kappa shape index (κ2) is 5.48. The van der Waals surface area contributed by atoms with Crippen molar-refractivity contribution in [1.82, 2.24) is 10.2 Å². The molecule has 94 valence electrons. The van der Waals surface area contributed by atoms with Gasteiger partial charge >= 0.3 is 0 Å². The third-order valence-corrected chi connectivity index (χ3v) is 4.32. The molecule has 2 heterocycles. The summed E-state index contributed by atoms with van der Waals surface area (Å²) in [7, 11) is 2.25. The molecule has 0 aromatic heterocycles. The maximum absolute atomic E-state index is 5.64. The molecule has 0 amide bonds. The van der Waals surface area contributed by atoms with Gasteiger partial charge in [0.05, 0.1) is 6.10 Å². The highest BCUT2D eigenvalue weighted by Crippen LogP contribution is 2.21. The molecule has 0 spiro atoms. The van der Waals surface area contributed by atoms with Gasteiger partial charge in [0.1, 0.15) is 0 Å². The lowest BCUT2D eigenvalue weighted by Gasteiger charge is -2.36. The van der Waals surface area contributed by atoms with Gasteiger partial charge in [0.2, 0.25) is 0 Å². The highest BCUT2D eigenvalue weighted by Gasteiger charge is 2.30. The molecule has 2 aliphatic rings. The molecule has 16 heavy (non-hydrogen) atoms. The quantitative estimate of drug-likeness (QED) is 0.789. The van der Waals surface area contributed by atoms with Crippen LogP contribution in [0, 0.1) is 5.92 Å². The molecule has 0 saturated carbocycles. The summed E-state index contributed by atoms with van der Waals surface area (Å²) in [4.78, 5) is 2.50. The van der Waals surface area contributed by atoms with Gasteiger partial charge < -0.3 is 10.1 Å². The first-order valence-electron chi connectivity index (χ1n) is 6.73. The molecule has 0 aromatic rings. The van der Waals surface area contributed by atoms with Gasteiger partial charge in [0.15, 0.2) is 0 Å². The summed E-state index contributed by atoms with van der Waals surface area (Å²) >= 11 is 0. The predicted molar refractivity (Wildman–Crippen MR) is 66.6 cm³/mol. The summed E-state index contributed by atoms with van der Waals surface area (Å²) in [5, 5.41) is 3.66. The number of piperidine rings is 1. The van der Waals surface area contributed by atoms with E-state index in [4.69, 9.17) is 4.74 Å². The van der Waals surface area contributed by atoms with Gasteiger partial charge in [-0.2, -0.15) is 0 Å². The van der Waals surface area contributed by atoms with Gasteiger partial charge in [-0.3, -0.25) is 4.90 Å². The fourth-order valence-electron chi connectivity index (χ4n) is 3.10. The van der Waals surface area contributed by atoms with Crippen LogP contribution < -0.4 is 5.32 Å². The van der Waals surface area contributed by atoms with Crippen molar-refractivity contribution in [3.8, 4) is 0 Å². The van der Waals surface area contributed by atoms with Crippen LogP contribution in [0.15, 0.2) is 0 Å². The standard InChI is InChI=1S/C13H26N2O/c1-10-5-4-7-14-12(10)9-15(3)13-6-8-16-11(13)2/h10-14H,4-9H2,1-3H3. The van der Waals surface area contributed by atoms with Crippen LogP contribution in [-0.4, -0.2) is 49.8 Å². The SMILES string of the molecule is CC1CCCNC1CN(C)C1CCOC1C. The predicted octanol–water partition coefficient (Wildman–Crippen LogP) is 1.48. The van der Waals surface area contributed by atoms with Crippen LogP contribution in [0.5, 0.6) is 0 Å². The van der Waals surface area contributed by atoms with Gasteiger partial charge in [0.25, 0.3) is 0 Å². The summed E-state index contributed by atoms with van der Waals surface area (Å²) < 4.78 is 5.64. The number of ether oxygens (including phenoxy) is 1. The third kappa shape index (κ3) is 2.76. The van der Waals surface area contributed by atoms with Crippen molar-refractivity contribution in [3.05, 3.63) is 0 Å². The molecule has 4 unspecified atom stereocenters. The number of likely N-dealkylation sites (N-methyl/N-ethyl adjacent to an activating group) is 1. The average molecular weight is 226 g/mol. The zero-order chi connectivity index (χ0) is 11.5. The number of nitrogens with one attached hydrogen (secondary N) is 1. The summed E-state index contributed by atoms with van der Waals surface area (Å²) in [6.45, 7) is 7.87. The van der Waals surface area contributed by atoms with E-state index in [1.165, 1.54) is 32.4 Å². The highest BCUT2D eigenvalue weighted by molar-refractivity contribution is 4.86. The van der Waals surface area contributed by atoms with E-state index in [-0.39, 0.29) is 0 Å². The normalized spacial score (nSPS) is 40.5. The van der Waals surface area contributed by atoms with E-state index in [2.05, 4.69) is 31.1 Å². The molecule has 0 bridgehead atoms. The van der Waals surface area contributed by atoms with E-state index in [0.29, 0.717) is 18.2 Å². The van der Waals surface area contributed by atoms with Crippen LogP contribution in [0.4, 0.5) is 0 Å². The second-order valence-corrected chi connectivity index (χ2v) is 5.55. The Morgan fingerprint density at radius 2 is 2.12 bits per heavy atom. The van der Waals surface area contributed by atoms with Crippen LogP contribution in [-0.2, 0) is 4.74 Å². The van der Waals surface area contributed by atoms with Crippen LogP contribution in [0.25, 0.3) is 0 Å². The Morgan fingerprint density at radius 3 is 2.75 bits per heavy atom. The van der Waals surface area contributed by atoms with E-state index >= 15 is 0 Å². The average Bonchev–Trinajstić information content (AvgIpc) is 2.68. The van der Waals surface area contributed by atoms with Crippen molar-refractivity contribution in [1.29, 1.82) is 0 Å². The number of hydrogen-bond acceptors (Lipinski definition) is 3. The fraction of sp³-hybridized carbons (Fsp3) is 1.00. The van der Waals surface area contributed by atoms with Gasteiger partial charge in [-0.25, -0.2) is 0 Å². The Balaban J connectivity index is 1.83. The number of nitrogens with zero attached hydrogens (tertiary/aromatic N) is 1. The zero-order valence-corrected chi connectivity index (χ0v) is 10.9. The summed E-state index contributed by atoms with van der Waals surface area (Å²) in [5.41, 5.74) is 0. The minimum atomic E-state index is 0.406. The molecular weight excluding hydrogens is 200 g/mol. The molecule has 1 N–H and O–H groups in total. The molecule has 0 aromatic carbocycles. The Hall–Kier alpha value is -0.120. The van der Waals surface area contributed by atoms with E-state index in [1.807, 2.05) is 0 Å². The van der Waals surface area contributed by atoms with E-state index in [9.17, 15) is 0 Å². The van der Waals surface area contributed by atoms with Crippen molar-refractivity contribution in [2.24, 2.45) is 5.92 Å². The lowest BCUT2D eigenvalue weighted by Crippen LogP contribution is -2.50. The third-order valence-electron chi connectivity index (χ3n) is 4.32. The molecule has 0 aliphatic carbocycles. The molecule has 2 saturated heterocycles. The lowest BCUT2D eigenvalue weighted by molar-refractivity contribution is 0.0756. The Labute approximate surface area is 99.5 Å². The molecule has 2 fully saturated rings. The maximum Gasteiger partial charge on any atom is 0.0702 e. The van der Waals surface area contributed by atoms with Crippen molar-refractivity contribution in [3.63, 3.8) is 0 Å². The number of hydrogen-bond donors (Lipinski definition) is 1. The van der Waals surface area contributed by atoms with Crippen LogP contribution in [0.2, 0.25) is 0 Å². The minimum Gasteiger partial charge on any atom is -0.377 e. The summed E-state index contributed by atoms with van der Waals surface area (Å²) in [6.07, 6.45) is 4.31. The number of rotatable bonds is 3. The second-order valence-electron chi connectivity index (χ2n) is 5.55. The first-order chi connectivity index (χ1) is 7.68. The first kappa shape index (κ1) is 12.3. The van der Waals surface area contributed by atoms with Crippen LogP contribution in [0.1, 0.15) is 33.1 Å². The molecule has 4 atom stereocenters. The summed E-state index contributed by atoms with van der Waals surface area (Å²) in [5.74, 6) is 0.814. The van der Waals surface area contributed by atoms with Gasteiger partial charge in [-0.05, 0) is 45.7 Å². The van der Waals surface area contributed by atoms with E-state index < -0.39 is 0 Å². The summed E-state index contributed by atoms with van der Waals surface area (Å²) in [6, 6.07) is 1.29.